The number of benzene rings is 3. The van der Waals surface area contributed by atoms with Crippen LogP contribution in [0.3, 0.4) is 0 Å². The third kappa shape index (κ3) is 4.42. The van der Waals surface area contributed by atoms with Gasteiger partial charge in [0.05, 0.1) is 0 Å². The average Bonchev–Trinajstić information content (AvgIpc) is 2.75. The molecule has 0 radical (unpaired) electrons. The summed E-state index contributed by atoms with van der Waals surface area (Å²) in [7, 11) is -1.26. The molecule has 3 rings (SSSR count). The van der Waals surface area contributed by atoms with Gasteiger partial charge in [-0.1, -0.05) is 0 Å². The standard InChI is InChI=1S/C25H32NP/c1-4-27(5-2,6-3)21-22-15-13-14-20-25(22)26(23-16-9-7-10-17-23)24-18-11-8-12-19-24/h7-20,27H,4-6,21H2,1-3H3. The maximum atomic E-state index is 2.41. The Morgan fingerprint density at radius 3 is 1.52 bits per heavy atom. The maximum absolute atomic E-state index is 2.41. The van der Waals surface area contributed by atoms with Gasteiger partial charge in [0.25, 0.3) is 0 Å². The number of hydrogen-bond acceptors (Lipinski definition) is 1. The van der Waals surface area contributed by atoms with Crippen LogP contribution in [0.2, 0.25) is 0 Å². The molecule has 3 aromatic carbocycles. The molecule has 0 spiro atoms. The fraction of sp³-hybridized carbons (Fsp3) is 0.280. The van der Waals surface area contributed by atoms with E-state index >= 15 is 0 Å². The van der Waals surface area contributed by atoms with E-state index in [9.17, 15) is 0 Å². The van der Waals surface area contributed by atoms with E-state index in [1.54, 1.807) is 0 Å². The van der Waals surface area contributed by atoms with Gasteiger partial charge in [0.1, 0.15) is 0 Å². The zero-order chi connectivity index (χ0) is 19.1. The predicted octanol–water partition coefficient (Wildman–Crippen LogP) is 7.47. The van der Waals surface area contributed by atoms with E-state index in [4.69, 9.17) is 0 Å². The first-order valence-corrected chi connectivity index (χ1v) is 13.0. The first-order chi connectivity index (χ1) is 13.2. The molecular weight excluding hydrogens is 345 g/mol. The Kier molecular flexibility index (Phi) is 6.69. The second-order valence-electron chi connectivity index (χ2n) is 7.37. The Balaban J connectivity index is 2.11. The molecule has 0 aromatic heterocycles. The van der Waals surface area contributed by atoms with Crippen LogP contribution >= 0.6 is 7.26 Å². The second kappa shape index (κ2) is 9.20. The van der Waals surface area contributed by atoms with E-state index in [0.717, 1.165) is 0 Å². The third-order valence-electron chi connectivity index (χ3n) is 6.08. The molecule has 0 atom stereocenters. The van der Waals surface area contributed by atoms with Crippen LogP contribution in [0.5, 0.6) is 0 Å². The zero-order valence-corrected chi connectivity index (χ0v) is 17.9. The van der Waals surface area contributed by atoms with E-state index in [-0.39, 0.29) is 0 Å². The van der Waals surface area contributed by atoms with Crippen molar-refractivity contribution < 1.29 is 0 Å². The van der Waals surface area contributed by atoms with Crippen molar-refractivity contribution in [1.29, 1.82) is 0 Å². The van der Waals surface area contributed by atoms with Crippen molar-refractivity contribution in [2.45, 2.75) is 26.9 Å². The van der Waals surface area contributed by atoms with Crippen LogP contribution in [0.4, 0.5) is 17.1 Å². The SMILES string of the molecule is CC[PH](CC)(CC)Cc1ccccc1N(c1ccccc1)c1ccccc1. The van der Waals surface area contributed by atoms with Gasteiger partial charge in [0.2, 0.25) is 0 Å². The predicted molar refractivity (Wildman–Crippen MR) is 125 cm³/mol. The minimum absolute atomic E-state index is 1.22. The molecule has 0 saturated heterocycles. The molecule has 0 aliphatic heterocycles. The van der Waals surface area contributed by atoms with Crippen LogP contribution in [0.1, 0.15) is 26.3 Å². The summed E-state index contributed by atoms with van der Waals surface area (Å²) in [6.07, 6.45) is 5.31. The Bertz CT molecular complexity index is 777. The molecule has 0 amide bonds. The van der Waals surface area contributed by atoms with Crippen molar-refractivity contribution in [2.75, 3.05) is 23.4 Å². The summed E-state index contributed by atoms with van der Waals surface area (Å²) in [5, 5.41) is 0. The van der Waals surface area contributed by atoms with Gasteiger partial charge in [-0.05, 0) is 0 Å². The van der Waals surface area contributed by atoms with Gasteiger partial charge in [-0.15, -0.1) is 0 Å². The van der Waals surface area contributed by atoms with Gasteiger partial charge in [-0.2, -0.15) is 0 Å². The van der Waals surface area contributed by atoms with Gasteiger partial charge in [-0.3, -0.25) is 0 Å². The number of rotatable bonds is 8. The third-order valence-corrected chi connectivity index (χ3v) is 11.7. The summed E-state index contributed by atoms with van der Waals surface area (Å²) in [5.74, 6) is 0. The van der Waals surface area contributed by atoms with E-state index in [0.29, 0.717) is 0 Å². The molecule has 0 fully saturated rings. The fourth-order valence-electron chi connectivity index (χ4n) is 3.99. The molecule has 2 heteroatoms. The van der Waals surface area contributed by atoms with Crippen molar-refractivity contribution in [3.8, 4) is 0 Å². The van der Waals surface area contributed by atoms with Crippen LogP contribution in [-0.4, -0.2) is 18.5 Å². The molecule has 0 aliphatic rings. The van der Waals surface area contributed by atoms with Crippen LogP contribution in [-0.2, 0) is 6.16 Å². The summed E-state index contributed by atoms with van der Waals surface area (Å²) < 4.78 is 0. The van der Waals surface area contributed by atoms with Gasteiger partial charge in [-0.25, -0.2) is 0 Å². The number of para-hydroxylation sites is 3. The van der Waals surface area contributed by atoms with Crippen LogP contribution in [0, 0.1) is 0 Å². The number of anilines is 3. The monoisotopic (exact) mass is 377 g/mol. The Hall–Kier alpha value is -2.11. The average molecular weight is 378 g/mol. The molecule has 0 heterocycles. The topological polar surface area (TPSA) is 3.24 Å². The molecule has 0 bridgehead atoms. The minimum atomic E-state index is -1.26. The van der Waals surface area contributed by atoms with Crippen molar-refractivity contribution in [3.63, 3.8) is 0 Å². The van der Waals surface area contributed by atoms with E-state index in [1.807, 2.05) is 0 Å². The van der Waals surface area contributed by atoms with Crippen LogP contribution < -0.4 is 4.90 Å². The van der Waals surface area contributed by atoms with E-state index in [2.05, 4.69) is 111 Å². The molecule has 0 aliphatic carbocycles. The van der Waals surface area contributed by atoms with Gasteiger partial charge >= 0.3 is 165 Å². The van der Waals surface area contributed by atoms with E-state index in [1.165, 1.54) is 47.3 Å². The van der Waals surface area contributed by atoms with Crippen molar-refractivity contribution in [1.82, 2.24) is 0 Å². The summed E-state index contributed by atoms with van der Waals surface area (Å²) in [4.78, 5) is 2.41. The van der Waals surface area contributed by atoms with Crippen molar-refractivity contribution >= 4 is 24.3 Å². The molecule has 142 valence electrons. The summed E-state index contributed by atoms with van der Waals surface area (Å²) in [6.45, 7) is 7.19. The van der Waals surface area contributed by atoms with Gasteiger partial charge < -0.3 is 0 Å². The zero-order valence-electron chi connectivity index (χ0n) is 16.9. The number of hydrogen-bond donors (Lipinski definition) is 0. The molecule has 1 nitrogen and oxygen atoms in total. The van der Waals surface area contributed by atoms with Crippen molar-refractivity contribution in [3.05, 3.63) is 90.5 Å². The molecule has 27 heavy (non-hydrogen) atoms. The summed E-state index contributed by atoms with van der Waals surface area (Å²) in [6, 6.07) is 30.5. The normalized spacial score (nSPS) is 12.0. The summed E-state index contributed by atoms with van der Waals surface area (Å²) in [5.41, 5.74) is 5.24. The van der Waals surface area contributed by atoms with Gasteiger partial charge in [0, 0.05) is 0 Å². The Morgan fingerprint density at radius 2 is 1.04 bits per heavy atom. The molecular formula is C25H32NP. The molecule has 0 unspecified atom stereocenters. The Morgan fingerprint density at radius 1 is 0.593 bits per heavy atom. The van der Waals surface area contributed by atoms with E-state index < -0.39 is 7.26 Å². The first-order valence-electron chi connectivity index (χ1n) is 10.2. The van der Waals surface area contributed by atoms with Crippen LogP contribution in [0.25, 0.3) is 0 Å². The Labute approximate surface area is 165 Å². The summed E-state index contributed by atoms with van der Waals surface area (Å²) >= 11 is 0. The first kappa shape index (κ1) is 19.6. The van der Waals surface area contributed by atoms with Crippen LogP contribution in [0.15, 0.2) is 84.9 Å². The quantitative estimate of drug-likeness (QED) is 0.368. The second-order valence-corrected chi connectivity index (χ2v) is 12.8. The van der Waals surface area contributed by atoms with Gasteiger partial charge in [0.15, 0.2) is 0 Å². The molecule has 0 saturated carbocycles. The number of nitrogens with zero attached hydrogens (tertiary/aromatic N) is 1. The fourth-order valence-corrected chi connectivity index (χ4v) is 7.35. The molecule has 0 N–H and O–H groups in total. The molecule has 3 aromatic rings. The van der Waals surface area contributed by atoms with Crippen molar-refractivity contribution in [2.24, 2.45) is 0 Å².